The third-order valence-corrected chi connectivity index (χ3v) is 7.80. The van der Waals surface area contributed by atoms with Crippen LogP contribution in [-0.4, -0.2) is 62.4 Å². The van der Waals surface area contributed by atoms with Crippen LogP contribution in [0.5, 0.6) is 0 Å². The van der Waals surface area contributed by atoms with E-state index in [1.165, 1.54) is 28.5 Å². The van der Waals surface area contributed by atoms with E-state index in [0.29, 0.717) is 12.8 Å². The summed E-state index contributed by atoms with van der Waals surface area (Å²) >= 11 is 0. The van der Waals surface area contributed by atoms with Crippen LogP contribution in [-0.2, 0) is 30.6 Å². The molecule has 0 spiro atoms. The summed E-state index contributed by atoms with van der Waals surface area (Å²) in [5, 5.41) is 0.244. The van der Waals surface area contributed by atoms with Gasteiger partial charge in [-0.3, -0.25) is 9.63 Å². The molecule has 2 fully saturated rings. The zero-order valence-corrected chi connectivity index (χ0v) is 17.6. The van der Waals surface area contributed by atoms with Gasteiger partial charge < -0.3 is 4.74 Å². The summed E-state index contributed by atoms with van der Waals surface area (Å²) in [4.78, 5) is 17.3. The molecular formula is C19H25F3N2O5S. The Labute approximate surface area is 173 Å². The highest BCUT2D eigenvalue weighted by atomic mass is 32.2. The third-order valence-electron chi connectivity index (χ3n) is 5.56. The first-order valence-corrected chi connectivity index (χ1v) is 11.2. The van der Waals surface area contributed by atoms with Gasteiger partial charge in [0.2, 0.25) is 10.0 Å². The minimum absolute atomic E-state index is 0.154. The smallest absolute Gasteiger partial charge is 0.416 e. The zero-order valence-electron chi connectivity index (χ0n) is 16.8. The van der Waals surface area contributed by atoms with E-state index in [0.717, 1.165) is 12.1 Å². The molecule has 2 aliphatic rings. The van der Waals surface area contributed by atoms with Crippen molar-refractivity contribution >= 4 is 16.0 Å². The van der Waals surface area contributed by atoms with Crippen molar-refractivity contribution in [3.63, 3.8) is 0 Å². The molecule has 3 rings (SSSR count). The van der Waals surface area contributed by atoms with E-state index in [1.807, 2.05) is 0 Å². The van der Waals surface area contributed by atoms with Crippen molar-refractivity contribution in [1.29, 1.82) is 0 Å². The number of hydrogen-bond donors (Lipinski definition) is 0. The number of esters is 1. The lowest BCUT2D eigenvalue weighted by atomic mass is 9.98. The van der Waals surface area contributed by atoms with Gasteiger partial charge in [0.1, 0.15) is 5.25 Å². The number of sulfonamides is 1. The summed E-state index contributed by atoms with van der Waals surface area (Å²) in [5.41, 5.74) is -0.619. The predicted octanol–water partition coefficient (Wildman–Crippen LogP) is 2.60. The van der Waals surface area contributed by atoms with Crippen LogP contribution in [0.1, 0.15) is 36.9 Å². The molecule has 2 aliphatic heterocycles. The molecule has 0 radical (unpaired) electrons. The van der Waals surface area contributed by atoms with Crippen LogP contribution in [0.25, 0.3) is 0 Å². The topological polar surface area (TPSA) is 76.1 Å². The maximum atomic E-state index is 13.3. The average Bonchev–Trinajstić information content (AvgIpc) is 3.10. The van der Waals surface area contributed by atoms with Gasteiger partial charge in [-0.1, -0.05) is 12.1 Å². The third kappa shape index (κ3) is 4.63. The summed E-state index contributed by atoms with van der Waals surface area (Å²) < 4.78 is 72.2. The lowest BCUT2D eigenvalue weighted by Crippen LogP contribution is -2.47. The summed E-state index contributed by atoms with van der Waals surface area (Å²) in [6.07, 6.45) is -3.84. The molecule has 11 heteroatoms. The number of nitrogens with zero attached hydrogens (tertiary/aromatic N) is 2. The average molecular weight is 450 g/mol. The number of rotatable bonds is 5. The standard InChI is InChI=1S/C19H25F3N2O5S/c1-3-28-18(25)13-7-9-24(10-8-13)30(26,27)16-12-29-23(2)17(16)14-5-4-6-15(11-14)19(20,21)22/h4-6,11,13,16-17H,3,7-10,12H2,1-2H3/t16-,17-/m1/s1. The van der Waals surface area contributed by atoms with E-state index in [1.54, 1.807) is 6.92 Å². The SMILES string of the molecule is CCOC(=O)C1CCN(S(=O)(=O)[C@@H]2CON(C)[C@@H]2c2cccc(C(F)(F)F)c2)CC1. The van der Waals surface area contributed by atoms with Gasteiger partial charge in [-0.2, -0.15) is 18.2 Å². The van der Waals surface area contributed by atoms with Crippen molar-refractivity contribution in [2.24, 2.45) is 5.92 Å². The first-order valence-electron chi connectivity index (χ1n) is 9.74. The van der Waals surface area contributed by atoms with Gasteiger partial charge >= 0.3 is 12.1 Å². The number of ether oxygens (including phenoxy) is 1. The van der Waals surface area contributed by atoms with Crippen molar-refractivity contribution in [1.82, 2.24) is 9.37 Å². The molecule has 0 aromatic heterocycles. The van der Waals surface area contributed by atoms with Crippen LogP contribution in [0, 0.1) is 5.92 Å². The van der Waals surface area contributed by atoms with Gasteiger partial charge in [0.05, 0.1) is 30.7 Å². The molecule has 1 aromatic rings. The Morgan fingerprint density at radius 2 is 1.93 bits per heavy atom. The maximum Gasteiger partial charge on any atom is 0.416 e. The minimum Gasteiger partial charge on any atom is -0.466 e. The lowest BCUT2D eigenvalue weighted by molar-refractivity contribution is -0.149. The Morgan fingerprint density at radius 1 is 1.27 bits per heavy atom. The molecule has 2 saturated heterocycles. The van der Waals surface area contributed by atoms with E-state index >= 15 is 0 Å². The fourth-order valence-corrected chi connectivity index (χ4v) is 5.96. The minimum atomic E-state index is -4.53. The molecule has 0 N–H and O–H groups in total. The van der Waals surface area contributed by atoms with Crippen molar-refractivity contribution in [3.05, 3.63) is 35.4 Å². The van der Waals surface area contributed by atoms with E-state index < -0.39 is 33.1 Å². The Bertz CT molecular complexity index is 869. The molecule has 0 amide bonds. The Balaban J connectivity index is 1.80. The summed E-state index contributed by atoms with van der Waals surface area (Å²) in [6.45, 7) is 2.13. The molecule has 1 aromatic carbocycles. The van der Waals surface area contributed by atoms with Gasteiger partial charge in [-0.15, -0.1) is 0 Å². The number of halogens is 3. The monoisotopic (exact) mass is 450 g/mol. The van der Waals surface area contributed by atoms with Gasteiger partial charge in [-0.05, 0) is 37.5 Å². The molecule has 0 unspecified atom stereocenters. The highest BCUT2D eigenvalue weighted by Crippen LogP contribution is 2.38. The van der Waals surface area contributed by atoms with Crippen LogP contribution in [0.15, 0.2) is 24.3 Å². The molecule has 0 bridgehead atoms. The molecule has 168 valence electrons. The van der Waals surface area contributed by atoms with Crippen LogP contribution < -0.4 is 0 Å². The number of hydrogen-bond acceptors (Lipinski definition) is 6. The van der Waals surface area contributed by atoms with Crippen LogP contribution in [0.4, 0.5) is 13.2 Å². The van der Waals surface area contributed by atoms with E-state index in [2.05, 4.69) is 0 Å². The van der Waals surface area contributed by atoms with E-state index in [9.17, 15) is 26.4 Å². The fourth-order valence-electron chi connectivity index (χ4n) is 3.97. The van der Waals surface area contributed by atoms with Crippen LogP contribution >= 0.6 is 0 Å². The number of carbonyl (C=O) groups is 1. The second kappa shape index (κ2) is 8.81. The van der Waals surface area contributed by atoms with Crippen molar-refractivity contribution < 1.29 is 36.0 Å². The molecule has 0 saturated carbocycles. The quantitative estimate of drug-likeness (QED) is 0.642. The molecule has 2 atom stereocenters. The molecule has 2 heterocycles. The van der Waals surface area contributed by atoms with Crippen LogP contribution in [0.2, 0.25) is 0 Å². The van der Waals surface area contributed by atoms with Crippen molar-refractivity contribution in [2.45, 2.75) is 37.2 Å². The largest absolute Gasteiger partial charge is 0.466 e. The van der Waals surface area contributed by atoms with Crippen LogP contribution in [0.3, 0.4) is 0 Å². The summed E-state index contributed by atoms with van der Waals surface area (Å²) in [5.74, 6) is -0.682. The van der Waals surface area contributed by atoms with Gasteiger partial charge in [0.15, 0.2) is 0 Å². The van der Waals surface area contributed by atoms with Crippen molar-refractivity contribution in [3.8, 4) is 0 Å². The zero-order chi connectivity index (χ0) is 22.1. The second-order valence-electron chi connectivity index (χ2n) is 7.42. The highest BCUT2D eigenvalue weighted by molar-refractivity contribution is 7.89. The lowest BCUT2D eigenvalue weighted by Gasteiger charge is -2.33. The predicted molar refractivity (Wildman–Crippen MR) is 102 cm³/mol. The van der Waals surface area contributed by atoms with E-state index in [4.69, 9.17) is 9.57 Å². The number of piperidine rings is 1. The number of carbonyl (C=O) groups excluding carboxylic acids is 1. The maximum absolute atomic E-state index is 13.3. The fraction of sp³-hybridized carbons (Fsp3) is 0.632. The number of alkyl halides is 3. The summed E-state index contributed by atoms with van der Waals surface area (Å²) in [6, 6.07) is 3.77. The first kappa shape index (κ1) is 23.0. The molecule has 30 heavy (non-hydrogen) atoms. The Kier molecular flexibility index (Phi) is 6.75. The van der Waals surface area contributed by atoms with E-state index in [-0.39, 0.29) is 43.8 Å². The van der Waals surface area contributed by atoms with Gasteiger partial charge in [0, 0.05) is 20.1 Å². The van der Waals surface area contributed by atoms with Crippen molar-refractivity contribution in [2.75, 3.05) is 33.4 Å². The molecular weight excluding hydrogens is 425 g/mol. The Hall–Kier alpha value is -1.69. The first-order chi connectivity index (χ1) is 14.1. The highest BCUT2D eigenvalue weighted by Gasteiger charge is 2.47. The summed E-state index contributed by atoms with van der Waals surface area (Å²) in [7, 11) is -2.36. The molecule has 7 nitrogen and oxygen atoms in total. The second-order valence-corrected chi connectivity index (χ2v) is 9.57. The Morgan fingerprint density at radius 3 is 2.53 bits per heavy atom. The normalized spacial score (nSPS) is 24.8. The number of hydroxylamine groups is 2. The van der Waals surface area contributed by atoms with Gasteiger partial charge in [-0.25, -0.2) is 12.7 Å². The number of benzene rings is 1. The molecule has 0 aliphatic carbocycles. The van der Waals surface area contributed by atoms with Gasteiger partial charge in [0.25, 0.3) is 0 Å².